The molecule has 0 saturated heterocycles. The van der Waals surface area contributed by atoms with Crippen molar-refractivity contribution in [2.75, 3.05) is 0 Å². The Hall–Kier alpha value is -0.780. The van der Waals surface area contributed by atoms with E-state index >= 15 is 0 Å². The van der Waals surface area contributed by atoms with Crippen molar-refractivity contribution >= 4 is 0 Å². The van der Waals surface area contributed by atoms with Gasteiger partial charge in [-0.2, -0.15) is 0 Å². The van der Waals surface area contributed by atoms with Crippen molar-refractivity contribution in [2.24, 2.45) is 0 Å². The summed E-state index contributed by atoms with van der Waals surface area (Å²) in [5, 5.41) is 0. The third kappa shape index (κ3) is 9.13. The quantitative estimate of drug-likeness (QED) is 0.315. The van der Waals surface area contributed by atoms with Crippen molar-refractivity contribution in [1.29, 1.82) is 0 Å². The van der Waals surface area contributed by atoms with Gasteiger partial charge in [0.2, 0.25) is 0 Å². The Kier molecular flexibility index (Phi) is 8.75. The standard InChI is InChI=1S/C13H22/c1-4-6-8-10-12-13(3)11-9-7-5-2/h4,6,9,11-12H,5,7-8,10H2,1-3H3/b6-4+,11-9+,13-12+. The highest BCUT2D eigenvalue weighted by molar-refractivity contribution is 5.15. The average Bonchev–Trinajstić information content (AvgIpc) is 2.13. The van der Waals surface area contributed by atoms with E-state index < -0.39 is 0 Å². The van der Waals surface area contributed by atoms with E-state index in [9.17, 15) is 0 Å². The zero-order chi connectivity index (χ0) is 9.94. The maximum absolute atomic E-state index is 2.30. The van der Waals surface area contributed by atoms with E-state index in [1.54, 1.807) is 0 Å². The lowest BCUT2D eigenvalue weighted by atomic mass is 10.2. The minimum absolute atomic E-state index is 1.16. The molecule has 0 aliphatic heterocycles. The predicted molar refractivity (Wildman–Crippen MR) is 61.9 cm³/mol. The third-order valence-electron chi connectivity index (χ3n) is 1.87. The molecule has 0 nitrogen and oxygen atoms in total. The van der Waals surface area contributed by atoms with Crippen LogP contribution in [-0.4, -0.2) is 0 Å². The van der Waals surface area contributed by atoms with Crippen LogP contribution in [0.25, 0.3) is 0 Å². The van der Waals surface area contributed by atoms with Gasteiger partial charge in [0, 0.05) is 0 Å². The molecule has 0 saturated carbocycles. The molecule has 0 N–H and O–H groups in total. The highest BCUT2D eigenvalue weighted by atomic mass is 13.9. The topological polar surface area (TPSA) is 0 Å². The lowest BCUT2D eigenvalue weighted by Crippen LogP contribution is -1.71. The highest BCUT2D eigenvalue weighted by Gasteiger charge is 1.81. The molecular formula is C13H22. The van der Waals surface area contributed by atoms with Gasteiger partial charge in [-0.3, -0.25) is 0 Å². The molecule has 0 aromatic carbocycles. The van der Waals surface area contributed by atoms with Crippen LogP contribution in [0.2, 0.25) is 0 Å². The van der Waals surface area contributed by atoms with E-state index in [2.05, 4.69) is 51.2 Å². The van der Waals surface area contributed by atoms with Gasteiger partial charge in [-0.15, -0.1) is 0 Å². The molecule has 0 heteroatoms. The third-order valence-corrected chi connectivity index (χ3v) is 1.87. The molecule has 0 aliphatic rings. The Bertz CT molecular complexity index is 182. The summed E-state index contributed by atoms with van der Waals surface area (Å²) in [4.78, 5) is 0. The Balaban J connectivity index is 3.62. The van der Waals surface area contributed by atoms with Crippen molar-refractivity contribution in [3.05, 3.63) is 36.0 Å². The molecule has 0 aromatic rings. The van der Waals surface area contributed by atoms with Crippen molar-refractivity contribution in [2.45, 2.75) is 46.5 Å². The summed E-state index contributed by atoms with van der Waals surface area (Å²) >= 11 is 0. The predicted octanol–water partition coefficient (Wildman–Crippen LogP) is 4.65. The molecule has 0 amide bonds. The zero-order valence-electron chi connectivity index (χ0n) is 9.22. The maximum Gasteiger partial charge on any atom is -0.0310 e. The van der Waals surface area contributed by atoms with Crippen LogP contribution < -0.4 is 0 Å². The van der Waals surface area contributed by atoms with Crippen LogP contribution in [0.5, 0.6) is 0 Å². The SMILES string of the molecule is C/C=C/CC/C=C(C)/C=C/CCC. The summed E-state index contributed by atoms with van der Waals surface area (Å²) < 4.78 is 0. The van der Waals surface area contributed by atoms with Crippen LogP contribution in [0.4, 0.5) is 0 Å². The lowest BCUT2D eigenvalue weighted by Gasteiger charge is -1.91. The number of hydrogen-bond acceptors (Lipinski definition) is 0. The number of unbranched alkanes of at least 4 members (excludes halogenated alkanes) is 2. The first-order valence-electron chi connectivity index (χ1n) is 5.25. The molecule has 0 bridgehead atoms. The molecule has 0 aromatic heterocycles. The van der Waals surface area contributed by atoms with E-state index in [4.69, 9.17) is 0 Å². The van der Waals surface area contributed by atoms with Gasteiger partial charge in [-0.05, 0) is 33.1 Å². The molecule has 13 heavy (non-hydrogen) atoms. The molecule has 0 unspecified atom stereocenters. The van der Waals surface area contributed by atoms with E-state index in [-0.39, 0.29) is 0 Å². The highest BCUT2D eigenvalue weighted by Crippen LogP contribution is 2.02. The summed E-state index contributed by atoms with van der Waals surface area (Å²) in [6.07, 6.45) is 15.8. The molecule has 74 valence electrons. The second-order valence-electron chi connectivity index (χ2n) is 3.29. The maximum atomic E-state index is 2.30. The van der Waals surface area contributed by atoms with E-state index in [1.807, 2.05) is 0 Å². The van der Waals surface area contributed by atoms with Gasteiger partial charge in [0.25, 0.3) is 0 Å². The first-order chi connectivity index (χ1) is 6.31. The Morgan fingerprint density at radius 2 is 1.85 bits per heavy atom. The smallest absolute Gasteiger partial charge is 0.0310 e. The lowest BCUT2D eigenvalue weighted by molar-refractivity contribution is 0.956. The average molecular weight is 178 g/mol. The van der Waals surface area contributed by atoms with Crippen LogP contribution >= 0.6 is 0 Å². The van der Waals surface area contributed by atoms with Crippen LogP contribution in [0, 0.1) is 0 Å². The second kappa shape index (κ2) is 9.31. The molecule has 0 spiro atoms. The summed E-state index contributed by atoms with van der Waals surface area (Å²) in [7, 11) is 0. The number of rotatable bonds is 6. The van der Waals surface area contributed by atoms with Crippen molar-refractivity contribution < 1.29 is 0 Å². The van der Waals surface area contributed by atoms with Crippen LogP contribution in [0.15, 0.2) is 36.0 Å². The van der Waals surface area contributed by atoms with Crippen molar-refractivity contribution in [3.8, 4) is 0 Å². The van der Waals surface area contributed by atoms with Gasteiger partial charge in [0.1, 0.15) is 0 Å². The molecule has 0 heterocycles. The van der Waals surface area contributed by atoms with E-state index in [0.717, 1.165) is 12.8 Å². The molecule has 0 radical (unpaired) electrons. The van der Waals surface area contributed by atoms with Gasteiger partial charge >= 0.3 is 0 Å². The van der Waals surface area contributed by atoms with Gasteiger partial charge in [-0.25, -0.2) is 0 Å². The first-order valence-corrected chi connectivity index (χ1v) is 5.25. The fourth-order valence-corrected chi connectivity index (χ4v) is 1.08. The van der Waals surface area contributed by atoms with E-state index in [1.165, 1.54) is 18.4 Å². The summed E-state index contributed by atoms with van der Waals surface area (Å²) in [5.41, 5.74) is 1.39. The second-order valence-corrected chi connectivity index (χ2v) is 3.29. The van der Waals surface area contributed by atoms with Crippen LogP contribution in [-0.2, 0) is 0 Å². The number of hydrogen-bond donors (Lipinski definition) is 0. The Morgan fingerprint density at radius 3 is 2.46 bits per heavy atom. The van der Waals surface area contributed by atoms with Gasteiger partial charge < -0.3 is 0 Å². The molecule has 0 aliphatic carbocycles. The Labute approximate surface area is 83.0 Å². The van der Waals surface area contributed by atoms with Gasteiger partial charge in [0.15, 0.2) is 0 Å². The molecular weight excluding hydrogens is 156 g/mol. The minimum atomic E-state index is 1.16. The minimum Gasteiger partial charge on any atom is -0.0917 e. The van der Waals surface area contributed by atoms with Crippen molar-refractivity contribution in [3.63, 3.8) is 0 Å². The normalized spacial score (nSPS) is 13.3. The fraction of sp³-hybridized carbons (Fsp3) is 0.538. The molecule has 0 atom stereocenters. The van der Waals surface area contributed by atoms with E-state index in [0.29, 0.717) is 0 Å². The Morgan fingerprint density at radius 1 is 1.08 bits per heavy atom. The monoisotopic (exact) mass is 178 g/mol. The molecule has 0 fully saturated rings. The zero-order valence-corrected chi connectivity index (χ0v) is 9.22. The van der Waals surface area contributed by atoms with Gasteiger partial charge in [-0.1, -0.05) is 49.3 Å². The summed E-state index contributed by atoms with van der Waals surface area (Å²) in [6.45, 7) is 6.44. The van der Waals surface area contributed by atoms with Crippen LogP contribution in [0.3, 0.4) is 0 Å². The fourth-order valence-electron chi connectivity index (χ4n) is 1.08. The first kappa shape index (κ1) is 12.2. The molecule has 0 rings (SSSR count). The number of allylic oxidation sites excluding steroid dienone is 6. The van der Waals surface area contributed by atoms with Crippen molar-refractivity contribution in [1.82, 2.24) is 0 Å². The summed E-state index contributed by atoms with van der Waals surface area (Å²) in [6, 6.07) is 0. The summed E-state index contributed by atoms with van der Waals surface area (Å²) in [5.74, 6) is 0. The van der Waals surface area contributed by atoms with Crippen LogP contribution in [0.1, 0.15) is 46.5 Å². The van der Waals surface area contributed by atoms with Gasteiger partial charge in [0.05, 0.1) is 0 Å². The largest absolute Gasteiger partial charge is 0.0917 e.